The lowest BCUT2D eigenvalue weighted by atomic mass is 9.72. The van der Waals surface area contributed by atoms with E-state index >= 15 is 0 Å². The van der Waals surface area contributed by atoms with E-state index in [2.05, 4.69) is 61.1 Å². The fraction of sp³-hybridized carbons (Fsp3) is 0.714. The molecule has 2 rings (SSSR count). The Morgan fingerprint density at radius 1 is 1.36 bits per heavy atom. The van der Waals surface area contributed by atoms with Gasteiger partial charge in [-0.15, -0.1) is 11.8 Å². The van der Waals surface area contributed by atoms with Gasteiger partial charge in [-0.05, 0) is 44.8 Å². The van der Waals surface area contributed by atoms with Crippen molar-refractivity contribution < 1.29 is 9.22 Å². The summed E-state index contributed by atoms with van der Waals surface area (Å²) in [5, 5.41) is -0.0743. The summed E-state index contributed by atoms with van der Waals surface area (Å²) >= 11 is 1.75. The molecule has 0 aromatic carbocycles. The van der Waals surface area contributed by atoms with E-state index in [0.29, 0.717) is 6.54 Å². The number of carbonyl (C=O) groups is 1. The number of aromatic nitrogens is 1. The molecule has 3 radical (unpaired) electrons. The van der Waals surface area contributed by atoms with Gasteiger partial charge in [-0.2, -0.15) is 0 Å². The van der Waals surface area contributed by atoms with Crippen molar-refractivity contribution in [1.29, 1.82) is 0 Å². The number of carbonyl (C=O) groups excluding carboxylic acids is 1. The lowest BCUT2D eigenvalue weighted by Crippen LogP contribution is -2.45. The monoisotopic (exact) mass is 420 g/mol. The van der Waals surface area contributed by atoms with Gasteiger partial charge in [-0.1, -0.05) is 33.8 Å². The molecule has 0 bridgehead atoms. The highest BCUT2D eigenvalue weighted by Crippen LogP contribution is 2.48. The molecular weight excluding hydrogens is 386 g/mol. The molecule has 0 spiro atoms. The van der Waals surface area contributed by atoms with Crippen LogP contribution in [-0.4, -0.2) is 69.2 Å². The first-order valence-corrected chi connectivity index (χ1v) is 11.2. The number of hydrogen-bond acceptors (Lipinski definition) is 5. The van der Waals surface area contributed by atoms with Crippen LogP contribution in [0, 0.1) is 11.3 Å². The van der Waals surface area contributed by atoms with Gasteiger partial charge in [0.1, 0.15) is 5.37 Å². The van der Waals surface area contributed by atoms with Crippen molar-refractivity contribution in [2.75, 3.05) is 27.2 Å². The maximum atomic E-state index is 13.4. The van der Waals surface area contributed by atoms with E-state index < -0.39 is 0 Å². The molecule has 0 saturated carbocycles. The maximum absolute atomic E-state index is 13.4. The van der Waals surface area contributed by atoms with Crippen LogP contribution in [0.25, 0.3) is 0 Å². The highest BCUT2D eigenvalue weighted by Gasteiger charge is 2.47. The van der Waals surface area contributed by atoms with Crippen LogP contribution in [0.4, 0.5) is 0 Å². The SMILES string of the molecule is CC(CC(C)(O[Si])C(C)(C)C)C1SC(c2cccnc2)N(CCN(C)C)C1=O. The third kappa shape index (κ3) is 5.17. The van der Waals surface area contributed by atoms with Gasteiger partial charge in [0.2, 0.25) is 16.4 Å². The van der Waals surface area contributed by atoms with Crippen LogP contribution in [0.1, 0.15) is 52.0 Å². The Balaban J connectivity index is 2.24. The van der Waals surface area contributed by atoms with Crippen LogP contribution in [0.3, 0.4) is 0 Å². The molecule has 4 atom stereocenters. The van der Waals surface area contributed by atoms with Gasteiger partial charge in [0.25, 0.3) is 0 Å². The van der Waals surface area contributed by atoms with Crippen molar-refractivity contribution in [3.05, 3.63) is 30.1 Å². The normalized spacial score (nSPS) is 23.9. The molecule has 1 amide bonds. The summed E-state index contributed by atoms with van der Waals surface area (Å²) in [6.07, 6.45) is 4.45. The first-order valence-electron chi connectivity index (χ1n) is 9.85. The summed E-state index contributed by atoms with van der Waals surface area (Å²) in [6, 6.07) is 4.00. The smallest absolute Gasteiger partial charge is 0.247 e. The second-order valence-electron chi connectivity index (χ2n) is 9.29. The Kier molecular flexibility index (Phi) is 7.75. The van der Waals surface area contributed by atoms with Crippen molar-refractivity contribution in [1.82, 2.24) is 14.8 Å². The van der Waals surface area contributed by atoms with Gasteiger partial charge in [0.05, 0.1) is 10.9 Å². The van der Waals surface area contributed by atoms with Gasteiger partial charge in [0.15, 0.2) is 0 Å². The summed E-state index contributed by atoms with van der Waals surface area (Å²) in [5.41, 5.74) is 0.664. The zero-order chi connectivity index (χ0) is 21.1. The number of likely N-dealkylation sites (N-methyl/N-ethyl adjacent to an activating group) is 1. The fourth-order valence-electron chi connectivity index (χ4n) is 3.47. The molecule has 1 aromatic rings. The number of rotatable bonds is 8. The van der Waals surface area contributed by atoms with Crippen molar-refractivity contribution in [3.63, 3.8) is 0 Å². The minimum atomic E-state index is -0.370. The molecule has 155 valence electrons. The summed E-state index contributed by atoms with van der Waals surface area (Å²) < 4.78 is 5.74. The molecular formula is C21H34N3O2SSi. The number of amides is 1. The maximum Gasteiger partial charge on any atom is 0.247 e. The third-order valence-electron chi connectivity index (χ3n) is 5.88. The Morgan fingerprint density at radius 2 is 2.04 bits per heavy atom. The Morgan fingerprint density at radius 3 is 2.54 bits per heavy atom. The zero-order valence-electron chi connectivity index (χ0n) is 18.2. The average Bonchev–Trinajstić information content (AvgIpc) is 2.96. The molecule has 1 saturated heterocycles. The predicted octanol–water partition coefficient (Wildman–Crippen LogP) is 3.52. The molecule has 1 fully saturated rings. The molecule has 2 heterocycles. The van der Waals surface area contributed by atoms with E-state index in [-0.39, 0.29) is 33.5 Å². The molecule has 5 nitrogen and oxygen atoms in total. The molecule has 4 unspecified atom stereocenters. The number of thioether (sulfide) groups is 1. The quantitative estimate of drug-likeness (QED) is 0.602. The minimum Gasteiger partial charge on any atom is -0.413 e. The number of pyridine rings is 1. The van der Waals surface area contributed by atoms with Gasteiger partial charge < -0.3 is 14.2 Å². The zero-order valence-corrected chi connectivity index (χ0v) is 20.0. The summed E-state index contributed by atoms with van der Waals surface area (Å²) in [5.74, 6) is 0.403. The van der Waals surface area contributed by atoms with Crippen LogP contribution in [0.15, 0.2) is 24.5 Å². The Bertz CT molecular complexity index is 653. The molecule has 1 aliphatic rings. The summed E-state index contributed by atoms with van der Waals surface area (Å²) in [6.45, 7) is 12.4. The largest absolute Gasteiger partial charge is 0.413 e. The highest BCUT2D eigenvalue weighted by molar-refractivity contribution is 8.01. The van der Waals surface area contributed by atoms with Gasteiger partial charge in [0, 0.05) is 31.0 Å². The van der Waals surface area contributed by atoms with Crippen molar-refractivity contribution in [2.45, 2.75) is 57.3 Å². The summed E-state index contributed by atoms with van der Waals surface area (Å²) in [7, 11) is 7.37. The lowest BCUT2D eigenvalue weighted by Gasteiger charge is -2.43. The lowest BCUT2D eigenvalue weighted by molar-refractivity contribution is -0.131. The van der Waals surface area contributed by atoms with E-state index in [1.54, 1.807) is 18.0 Å². The first kappa shape index (κ1) is 23.4. The van der Waals surface area contributed by atoms with E-state index in [1.807, 2.05) is 31.3 Å². The number of nitrogens with zero attached hydrogens (tertiary/aromatic N) is 3. The van der Waals surface area contributed by atoms with Crippen molar-refractivity contribution in [2.24, 2.45) is 11.3 Å². The third-order valence-corrected chi connectivity index (χ3v) is 8.08. The second-order valence-corrected chi connectivity index (χ2v) is 10.7. The topological polar surface area (TPSA) is 45.7 Å². The van der Waals surface area contributed by atoms with E-state index in [4.69, 9.17) is 4.43 Å². The molecule has 1 aromatic heterocycles. The van der Waals surface area contributed by atoms with Crippen molar-refractivity contribution >= 4 is 28.2 Å². The molecule has 0 aliphatic carbocycles. The molecule has 0 N–H and O–H groups in total. The van der Waals surface area contributed by atoms with Crippen LogP contribution in [0.2, 0.25) is 0 Å². The minimum absolute atomic E-state index is 0.0129. The second kappa shape index (κ2) is 9.28. The standard InChI is InChI=1S/C21H34N3O2SSi/c1-15(13-21(5,26-28)20(2,3)4)17-18(25)24(12-11-23(6)7)19(27-17)16-9-8-10-22-14-16/h8-10,14-15,17,19H,11-13H2,1-7H3. The predicted molar refractivity (Wildman–Crippen MR) is 117 cm³/mol. The average molecular weight is 421 g/mol. The molecule has 1 aliphatic heterocycles. The highest BCUT2D eigenvalue weighted by atomic mass is 32.2. The van der Waals surface area contributed by atoms with Gasteiger partial charge in [-0.25, -0.2) is 0 Å². The Labute approximate surface area is 178 Å². The van der Waals surface area contributed by atoms with Crippen LogP contribution in [-0.2, 0) is 9.22 Å². The van der Waals surface area contributed by atoms with E-state index in [9.17, 15) is 4.79 Å². The number of hydrogen-bond donors (Lipinski definition) is 0. The van der Waals surface area contributed by atoms with Gasteiger partial charge >= 0.3 is 0 Å². The first-order chi connectivity index (χ1) is 13.0. The summed E-state index contributed by atoms with van der Waals surface area (Å²) in [4.78, 5) is 21.8. The Hall–Kier alpha value is -0.893. The molecule has 28 heavy (non-hydrogen) atoms. The van der Waals surface area contributed by atoms with E-state index in [0.717, 1.165) is 18.5 Å². The fourth-order valence-corrected chi connectivity index (χ4v) is 5.40. The van der Waals surface area contributed by atoms with Gasteiger partial charge in [-0.3, -0.25) is 9.78 Å². The van der Waals surface area contributed by atoms with Crippen LogP contribution < -0.4 is 0 Å². The molecule has 7 heteroatoms. The van der Waals surface area contributed by atoms with Crippen LogP contribution in [0.5, 0.6) is 0 Å². The van der Waals surface area contributed by atoms with E-state index in [1.165, 1.54) is 0 Å². The van der Waals surface area contributed by atoms with Crippen LogP contribution >= 0.6 is 11.8 Å². The van der Waals surface area contributed by atoms with Crippen molar-refractivity contribution in [3.8, 4) is 0 Å².